The fraction of sp³-hybridized carbons (Fsp3) is 0.545. The molecule has 2 heterocycles. The average molecular weight is 252 g/mol. The number of aryl methyl sites for hydroxylation is 2. The highest BCUT2D eigenvalue weighted by atomic mass is 32.1. The van der Waals surface area contributed by atoms with Crippen LogP contribution in [-0.4, -0.2) is 27.1 Å². The molecule has 2 aromatic heterocycles. The predicted molar refractivity (Wildman–Crippen MR) is 65.7 cm³/mol. The molecule has 2 aromatic rings. The Hall–Kier alpha value is -1.27. The average Bonchev–Trinajstić information content (AvgIpc) is 2.89. The van der Waals surface area contributed by atoms with Crippen LogP contribution in [0.5, 0.6) is 0 Å². The first kappa shape index (κ1) is 12.2. The van der Waals surface area contributed by atoms with Gasteiger partial charge in [-0.3, -0.25) is 4.90 Å². The Morgan fingerprint density at radius 1 is 1.29 bits per heavy atom. The van der Waals surface area contributed by atoms with Crippen molar-refractivity contribution in [3.8, 4) is 0 Å². The largest absolute Gasteiger partial charge is 0.424 e. The zero-order chi connectivity index (χ0) is 12.3. The van der Waals surface area contributed by atoms with E-state index in [9.17, 15) is 0 Å². The molecule has 0 atom stereocenters. The molecule has 0 saturated carbocycles. The van der Waals surface area contributed by atoms with Crippen molar-refractivity contribution >= 4 is 11.3 Å². The summed E-state index contributed by atoms with van der Waals surface area (Å²) in [6.07, 6.45) is 0.782. The maximum Gasteiger partial charge on any atom is 0.230 e. The highest BCUT2D eigenvalue weighted by Crippen LogP contribution is 2.15. The Balaban J connectivity index is 1.93. The summed E-state index contributed by atoms with van der Waals surface area (Å²) in [5, 5.41) is 7.96. The lowest BCUT2D eigenvalue weighted by Crippen LogP contribution is -2.17. The fourth-order valence-electron chi connectivity index (χ4n) is 1.51. The maximum atomic E-state index is 5.48. The van der Waals surface area contributed by atoms with Crippen LogP contribution in [-0.2, 0) is 19.5 Å². The van der Waals surface area contributed by atoms with E-state index in [1.807, 2.05) is 26.4 Å². The van der Waals surface area contributed by atoms with E-state index in [0.29, 0.717) is 18.3 Å². The number of nitrogens with zero attached hydrogens (tertiary/aromatic N) is 4. The summed E-state index contributed by atoms with van der Waals surface area (Å²) < 4.78 is 5.48. The van der Waals surface area contributed by atoms with Gasteiger partial charge in [-0.15, -0.1) is 21.5 Å². The molecular weight excluding hydrogens is 236 g/mol. The summed E-state index contributed by atoms with van der Waals surface area (Å²) in [6.45, 7) is 5.56. The van der Waals surface area contributed by atoms with Crippen molar-refractivity contribution in [3.63, 3.8) is 0 Å². The van der Waals surface area contributed by atoms with Crippen molar-refractivity contribution in [2.45, 2.75) is 33.4 Å². The van der Waals surface area contributed by atoms with Gasteiger partial charge in [0.05, 0.1) is 17.7 Å². The molecule has 0 N–H and O–H groups in total. The van der Waals surface area contributed by atoms with Crippen LogP contribution in [0.3, 0.4) is 0 Å². The van der Waals surface area contributed by atoms with Gasteiger partial charge in [-0.25, -0.2) is 4.98 Å². The zero-order valence-corrected chi connectivity index (χ0v) is 11.1. The highest BCUT2D eigenvalue weighted by Gasteiger charge is 2.10. The van der Waals surface area contributed by atoms with Crippen molar-refractivity contribution in [2.24, 2.45) is 0 Å². The third-order valence-electron chi connectivity index (χ3n) is 2.47. The Kier molecular flexibility index (Phi) is 3.86. The normalized spacial score (nSPS) is 11.3. The van der Waals surface area contributed by atoms with Crippen molar-refractivity contribution in [1.29, 1.82) is 0 Å². The number of thiazole rings is 1. The minimum atomic E-state index is 0.671. The minimum absolute atomic E-state index is 0.671. The van der Waals surface area contributed by atoms with Crippen LogP contribution in [0.25, 0.3) is 0 Å². The van der Waals surface area contributed by atoms with E-state index in [2.05, 4.69) is 20.1 Å². The van der Waals surface area contributed by atoms with Crippen LogP contribution >= 0.6 is 11.3 Å². The van der Waals surface area contributed by atoms with E-state index < -0.39 is 0 Å². The summed E-state index contributed by atoms with van der Waals surface area (Å²) >= 11 is 1.68. The SMILES string of the molecule is CCc1nnc(CN(C)Cc2scnc2C)o1. The lowest BCUT2D eigenvalue weighted by Gasteiger charge is -2.12. The van der Waals surface area contributed by atoms with Gasteiger partial charge in [0.1, 0.15) is 0 Å². The second-order valence-electron chi connectivity index (χ2n) is 3.98. The molecule has 0 spiro atoms. The molecule has 0 unspecified atom stereocenters. The first-order valence-corrected chi connectivity index (χ1v) is 6.45. The summed E-state index contributed by atoms with van der Waals surface area (Å²) in [4.78, 5) is 7.66. The minimum Gasteiger partial charge on any atom is -0.424 e. The van der Waals surface area contributed by atoms with Crippen molar-refractivity contribution in [1.82, 2.24) is 20.1 Å². The number of rotatable bonds is 5. The Labute approximate surface area is 105 Å². The summed E-state index contributed by atoms with van der Waals surface area (Å²) in [7, 11) is 2.04. The molecule has 0 radical (unpaired) electrons. The van der Waals surface area contributed by atoms with Crippen LogP contribution < -0.4 is 0 Å². The molecule has 0 saturated heterocycles. The molecule has 0 aliphatic carbocycles. The Morgan fingerprint density at radius 3 is 2.65 bits per heavy atom. The van der Waals surface area contributed by atoms with Crippen LogP contribution in [0.2, 0.25) is 0 Å². The molecule has 0 amide bonds. The van der Waals surface area contributed by atoms with E-state index in [1.165, 1.54) is 4.88 Å². The molecular formula is C11H16N4OS. The summed E-state index contributed by atoms with van der Waals surface area (Å²) in [5.74, 6) is 1.37. The molecule has 92 valence electrons. The quantitative estimate of drug-likeness (QED) is 0.815. The van der Waals surface area contributed by atoms with Crippen molar-refractivity contribution in [3.05, 3.63) is 27.9 Å². The lowest BCUT2D eigenvalue weighted by molar-refractivity contribution is 0.279. The summed E-state index contributed by atoms with van der Waals surface area (Å²) in [6, 6.07) is 0. The van der Waals surface area contributed by atoms with Gasteiger partial charge in [-0.05, 0) is 14.0 Å². The molecule has 0 bridgehead atoms. The monoisotopic (exact) mass is 252 g/mol. The fourth-order valence-corrected chi connectivity index (χ4v) is 2.36. The zero-order valence-electron chi connectivity index (χ0n) is 10.3. The van der Waals surface area contributed by atoms with Crippen molar-refractivity contribution < 1.29 is 4.42 Å². The van der Waals surface area contributed by atoms with Crippen LogP contribution in [0.4, 0.5) is 0 Å². The maximum absolute atomic E-state index is 5.48. The van der Waals surface area contributed by atoms with Gasteiger partial charge in [0, 0.05) is 17.8 Å². The third kappa shape index (κ3) is 3.10. The highest BCUT2D eigenvalue weighted by molar-refractivity contribution is 7.09. The molecule has 0 aromatic carbocycles. The first-order chi connectivity index (χ1) is 8.19. The molecule has 17 heavy (non-hydrogen) atoms. The molecule has 6 heteroatoms. The van der Waals surface area contributed by atoms with Crippen LogP contribution in [0.15, 0.2) is 9.93 Å². The van der Waals surface area contributed by atoms with E-state index >= 15 is 0 Å². The number of hydrogen-bond acceptors (Lipinski definition) is 6. The van der Waals surface area contributed by atoms with Gasteiger partial charge in [0.25, 0.3) is 0 Å². The van der Waals surface area contributed by atoms with E-state index in [0.717, 1.165) is 18.7 Å². The van der Waals surface area contributed by atoms with E-state index in [4.69, 9.17) is 4.42 Å². The number of aromatic nitrogens is 3. The van der Waals surface area contributed by atoms with Gasteiger partial charge in [0.2, 0.25) is 11.8 Å². The van der Waals surface area contributed by atoms with Crippen molar-refractivity contribution in [2.75, 3.05) is 7.05 Å². The standard InChI is InChI=1S/C11H16N4OS/c1-4-10-13-14-11(16-10)6-15(3)5-9-8(2)12-7-17-9/h7H,4-6H2,1-3H3. The van der Waals surface area contributed by atoms with Gasteiger partial charge in [-0.1, -0.05) is 6.92 Å². The first-order valence-electron chi connectivity index (χ1n) is 5.57. The van der Waals surface area contributed by atoms with Crippen LogP contribution in [0, 0.1) is 6.92 Å². The van der Waals surface area contributed by atoms with E-state index in [-0.39, 0.29) is 0 Å². The summed E-state index contributed by atoms with van der Waals surface area (Å²) in [5.41, 5.74) is 2.97. The molecule has 2 rings (SSSR count). The van der Waals surface area contributed by atoms with Crippen LogP contribution in [0.1, 0.15) is 29.3 Å². The van der Waals surface area contributed by atoms with Gasteiger partial charge >= 0.3 is 0 Å². The van der Waals surface area contributed by atoms with Gasteiger partial charge in [-0.2, -0.15) is 0 Å². The predicted octanol–water partition coefficient (Wildman–Crippen LogP) is 2.03. The molecule has 5 nitrogen and oxygen atoms in total. The Bertz CT molecular complexity index is 479. The van der Waals surface area contributed by atoms with Gasteiger partial charge < -0.3 is 4.42 Å². The lowest BCUT2D eigenvalue weighted by atomic mass is 10.3. The Morgan fingerprint density at radius 2 is 2.06 bits per heavy atom. The topological polar surface area (TPSA) is 55.1 Å². The van der Waals surface area contributed by atoms with E-state index in [1.54, 1.807) is 11.3 Å². The smallest absolute Gasteiger partial charge is 0.230 e. The van der Waals surface area contributed by atoms with Gasteiger partial charge in [0.15, 0.2) is 0 Å². The molecule has 0 fully saturated rings. The second-order valence-corrected chi connectivity index (χ2v) is 4.92. The second kappa shape index (κ2) is 5.37. The third-order valence-corrected chi connectivity index (χ3v) is 3.39. The number of hydrogen-bond donors (Lipinski definition) is 0. The molecule has 0 aliphatic heterocycles. The molecule has 0 aliphatic rings.